The SMILES string of the molecule is NS(=O)(=O)c1cccc(NC2CCOC(C3CC3)C2)c1[N+](=O)[O-]. The minimum atomic E-state index is -4.16. The lowest BCUT2D eigenvalue weighted by molar-refractivity contribution is -0.386. The number of nitrogens with two attached hydrogens (primary N) is 1. The van der Waals surface area contributed by atoms with Crippen LogP contribution in [-0.2, 0) is 14.8 Å². The molecule has 1 aromatic carbocycles. The number of anilines is 1. The van der Waals surface area contributed by atoms with Crippen LogP contribution in [0.25, 0.3) is 0 Å². The van der Waals surface area contributed by atoms with Gasteiger partial charge in [0.15, 0.2) is 4.90 Å². The molecule has 23 heavy (non-hydrogen) atoms. The second-order valence-electron chi connectivity index (χ2n) is 6.07. The van der Waals surface area contributed by atoms with Crippen LogP contribution in [0.1, 0.15) is 25.7 Å². The van der Waals surface area contributed by atoms with E-state index in [2.05, 4.69) is 5.32 Å². The van der Waals surface area contributed by atoms with E-state index >= 15 is 0 Å². The highest BCUT2D eigenvalue weighted by atomic mass is 32.2. The van der Waals surface area contributed by atoms with Gasteiger partial charge in [0.25, 0.3) is 0 Å². The smallest absolute Gasteiger partial charge is 0.312 e. The van der Waals surface area contributed by atoms with Crippen LogP contribution in [0.5, 0.6) is 0 Å². The zero-order valence-electron chi connectivity index (χ0n) is 12.5. The van der Waals surface area contributed by atoms with Gasteiger partial charge in [0.2, 0.25) is 10.0 Å². The van der Waals surface area contributed by atoms with Gasteiger partial charge in [0.05, 0.1) is 11.0 Å². The molecule has 3 N–H and O–H groups in total. The molecule has 0 amide bonds. The van der Waals surface area contributed by atoms with Crippen molar-refractivity contribution in [2.75, 3.05) is 11.9 Å². The van der Waals surface area contributed by atoms with Crippen molar-refractivity contribution in [3.05, 3.63) is 28.3 Å². The van der Waals surface area contributed by atoms with Gasteiger partial charge in [0, 0.05) is 12.6 Å². The number of ether oxygens (including phenoxy) is 1. The minimum Gasteiger partial charge on any atom is -0.378 e. The van der Waals surface area contributed by atoms with E-state index in [9.17, 15) is 18.5 Å². The van der Waals surface area contributed by atoms with Crippen molar-refractivity contribution in [2.45, 2.75) is 42.7 Å². The molecule has 0 spiro atoms. The van der Waals surface area contributed by atoms with Crippen LogP contribution in [0.15, 0.2) is 23.1 Å². The second-order valence-corrected chi connectivity index (χ2v) is 7.60. The average molecular weight is 341 g/mol. The Hall–Kier alpha value is -1.71. The maximum atomic E-state index is 11.6. The van der Waals surface area contributed by atoms with Gasteiger partial charge in [-0.25, -0.2) is 13.6 Å². The minimum absolute atomic E-state index is 0.0174. The Kier molecular flexibility index (Phi) is 4.26. The fourth-order valence-electron chi connectivity index (χ4n) is 3.03. The number of nitro groups is 1. The molecule has 3 rings (SSSR count). The molecule has 1 aliphatic heterocycles. The first kappa shape index (κ1) is 16.2. The highest BCUT2D eigenvalue weighted by Gasteiger charge is 2.36. The van der Waals surface area contributed by atoms with Gasteiger partial charge in [-0.3, -0.25) is 10.1 Å². The fraction of sp³-hybridized carbons (Fsp3) is 0.571. The predicted octanol–water partition coefficient (Wildman–Crippen LogP) is 1.61. The summed E-state index contributed by atoms with van der Waals surface area (Å²) in [7, 11) is -4.16. The van der Waals surface area contributed by atoms with Crippen LogP contribution < -0.4 is 10.5 Å². The normalized spacial score (nSPS) is 25.1. The number of benzene rings is 1. The Balaban J connectivity index is 1.86. The van der Waals surface area contributed by atoms with Gasteiger partial charge in [0.1, 0.15) is 5.69 Å². The average Bonchev–Trinajstić information content (AvgIpc) is 3.31. The molecule has 0 bridgehead atoms. The quantitative estimate of drug-likeness (QED) is 0.619. The van der Waals surface area contributed by atoms with Crippen molar-refractivity contribution in [1.29, 1.82) is 0 Å². The standard InChI is InChI=1S/C14H19N3O5S/c15-23(20,21)13-3-1-2-11(14(13)17(18)19)16-10-6-7-22-12(8-10)9-4-5-9/h1-3,9-10,12,16H,4-8H2,(H2,15,20,21). The first-order chi connectivity index (χ1) is 10.9. The fourth-order valence-corrected chi connectivity index (χ4v) is 3.75. The van der Waals surface area contributed by atoms with Gasteiger partial charge in [-0.15, -0.1) is 0 Å². The van der Waals surface area contributed by atoms with Gasteiger partial charge in [-0.1, -0.05) is 6.07 Å². The van der Waals surface area contributed by atoms with Crippen molar-refractivity contribution in [3.8, 4) is 0 Å². The monoisotopic (exact) mass is 341 g/mol. The number of para-hydroxylation sites is 1. The van der Waals surface area contributed by atoms with E-state index < -0.39 is 25.5 Å². The summed E-state index contributed by atoms with van der Waals surface area (Å²) in [5, 5.41) is 19.5. The van der Waals surface area contributed by atoms with Crippen LogP contribution in [-0.4, -0.2) is 32.1 Å². The summed E-state index contributed by atoms with van der Waals surface area (Å²) in [6, 6.07) is 4.13. The summed E-state index contributed by atoms with van der Waals surface area (Å²) in [5.74, 6) is 0.588. The lowest BCUT2D eigenvalue weighted by Crippen LogP contribution is -2.35. The molecule has 1 heterocycles. The van der Waals surface area contributed by atoms with E-state index in [4.69, 9.17) is 9.88 Å². The summed E-state index contributed by atoms with van der Waals surface area (Å²) in [6.45, 7) is 0.599. The topological polar surface area (TPSA) is 125 Å². The van der Waals surface area contributed by atoms with Gasteiger partial charge < -0.3 is 10.1 Å². The molecule has 126 valence electrons. The van der Waals surface area contributed by atoms with Crippen LogP contribution >= 0.6 is 0 Å². The van der Waals surface area contributed by atoms with Crippen molar-refractivity contribution < 1.29 is 18.1 Å². The number of nitro benzene ring substituents is 1. The van der Waals surface area contributed by atoms with Crippen molar-refractivity contribution in [2.24, 2.45) is 11.1 Å². The van der Waals surface area contributed by atoms with Crippen molar-refractivity contribution in [1.82, 2.24) is 0 Å². The van der Waals surface area contributed by atoms with Gasteiger partial charge in [-0.05, 0) is 43.7 Å². The summed E-state index contributed by atoms with van der Waals surface area (Å²) in [4.78, 5) is 10.2. The number of hydrogen-bond acceptors (Lipinski definition) is 6. The lowest BCUT2D eigenvalue weighted by atomic mass is 9.99. The van der Waals surface area contributed by atoms with E-state index in [-0.39, 0.29) is 17.8 Å². The third kappa shape index (κ3) is 3.62. The molecule has 2 atom stereocenters. The molecular weight excluding hydrogens is 322 g/mol. The molecule has 2 fully saturated rings. The Morgan fingerprint density at radius 2 is 2.04 bits per heavy atom. The molecule has 1 aromatic rings. The molecule has 0 aromatic heterocycles. The van der Waals surface area contributed by atoms with Crippen molar-refractivity contribution >= 4 is 21.4 Å². The van der Waals surface area contributed by atoms with E-state index in [1.54, 1.807) is 0 Å². The zero-order chi connectivity index (χ0) is 16.6. The highest BCUT2D eigenvalue weighted by Crippen LogP contribution is 2.39. The molecule has 1 saturated carbocycles. The Bertz CT molecular complexity index is 717. The molecule has 9 heteroatoms. The van der Waals surface area contributed by atoms with E-state index in [1.165, 1.54) is 25.0 Å². The first-order valence-electron chi connectivity index (χ1n) is 7.54. The zero-order valence-corrected chi connectivity index (χ0v) is 13.3. The van der Waals surface area contributed by atoms with E-state index in [0.717, 1.165) is 18.9 Å². The molecular formula is C14H19N3O5S. The summed E-state index contributed by atoms with van der Waals surface area (Å²) >= 11 is 0. The van der Waals surface area contributed by atoms with Gasteiger partial charge in [-0.2, -0.15) is 0 Å². The number of primary sulfonamides is 1. The number of sulfonamides is 1. The van der Waals surface area contributed by atoms with E-state index in [1.807, 2.05) is 0 Å². The first-order valence-corrected chi connectivity index (χ1v) is 9.09. The third-order valence-electron chi connectivity index (χ3n) is 4.31. The van der Waals surface area contributed by atoms with Gasteiger partial charge >= 0.3 is 5.69 Å². The predicted molar refractivity (Wildman–Crippen MR) is 83.6 cm³/mol. The maximum Gasteiger partial charge on any atom is 0.312 e. The molecule has 2 unspecified atom stereocenters. The number of nitrogens with one attached hydrogen (secondary N) is 1. The maximum absolute atomic E-state index is 11.6. The summed E-state index contributed by atoms with van der Waals surface area (Å²) in [5.41, 5.74) is -0.313. The second kappa shape index (κ2) is 6.06. The molecule has 1 aliphatic carbocycles. The summed E-state index contributed by atoms with van der Waals surface area (Å²) in [6.07, 6.45) is 4.00. The summed E-state index contributed by atoms with van der Waals surface area (Å²) < 4.78 is 28.9. The van der Waals surface area contributed by atoms with Crippen LogP contribution in [0.4, 0.5) is 11.4 Å². The third-order valence-corrected chi connectivity index (χ3v) is 5.25. The molecule has 8 nitrogen and oxygen atoms in total. The van der Waals surface area contributed by atoms with Crippen LogP contribution in [0.2, 0.25) is 0 Å². The van der Waals surface area contributed by atoms with Crippen LogP contribution in [0, 0.1) is 16.0 Å². The molecule has 1 saturated heterocycles. The largest absolute Gasteiger partial charge is 0.378 e. The Labute approximate surface area is 134 Å². The molecule has 2 aliphatic rings. The highest BCUT2D eigenvalue weighted by molar-refractivity contribution is 7.89. The number of hydrogen-bond donors (Lipinski definition) is 2. The number of nitrogens with zero attached hydrogens (tertiary/aromatic N) is 1. The number of rotatable bonds is 5. The Morgan fingerprint density at radius 1 is 1.30 bits per heavy atom. The van der Waals surface area contributed by atoms with Crippen molar-refractivity contribution in [3.63, 3.8) is 0 Å². The lowest BCUT2D eigenvalue weighted by Gasteiger charge is -2.30. The molecule has 0 radical (unpaired) electrons. The Morgan fingerprint density at radius 3 is 2.65 bits per heavy atom. The van der Waals surface area contributed by atoms with E-state index in [0.29, 0.717) is 12.5 Å². The van der Waals surface area contributed by atoms with Crippen LogP contribution in [0.3, 0.4) is 0 Å².